The lowest BCUT2D eigenvalue weighted by Gasteiger charge is -2.10. The lowest BCUT2D eigenvalue weighted by atomic mass is 10.1. The third-order valence-electron chi connectivity index (χ3n) is 3.24. The third-order valence-corrected chi connectivity index (χ3v) is 3.24. The van der Waals surface area contributed by atoms with Crippen LogP contribution in [0.3, 0.4) is 0 Å². The number of imidazole rings is 1. The number of carbonyl (C=O) groups is 1. The quantitative estimate of drug-likeness (QED) is 0.546. The summed E-state index contributed by atoms with van der Waals surface area (Å²) in [5.74, 6) is -0.397. The number of benzene rings is 2. The van der Waals surface area contributed by atoms with Crippen molar-refractivity contribution in [2.45, 2.75) is 0 Å². The summed E-state index contributed by atoms with van der Waals surface area (Å²) < 4.78 is 6.65. The number of ether oxygens (including phenoxy) is 1. The van der Waals surface area contributed by atoms with Gasteiger partial charge in [-0.05, 0) is 17.7 Å². The van der Waals surface area contributed by atoms with Gasteiger partial charge in [-0.15, -0.1) is 0 Å². The van der Waals surface area contributed by atoms with Gasteiger partial charge in [-0.1, -0.05) is 42.5 Å². The van der Waals surface area contributed by atoms with Gasteiger partial charge in [-0.3, -0.25) is 4.57 Å². The molecule has 1 aromatic heterocycles. The molecule has 0 unspecified atom stereocenters. The molecule has 0 radical (unpaired) electrons. The van der Waals surface area contributed by atoms with Crippen molar-refractivity contribution >= 4 is 22.7 Å². The van der Waals surface area contributed by atoms with Crippen LogP contribution in [0, 0.1) is 0 Å². The predicted molar refractivity (Wildman–Crippen MR) is 81.6 cm³/mol. The first-order chi connectivity index (χ1) is 10.3. The molecule has 0 atom stereocenters. The van der Waals surface area contributed by atoms with Crippen LogP contribution in [-0.2, 0) is 9.53 Å². The van der Waals surface area contributed by atoms with Gasteiger partial charge in [0.1, 0.15) is 6.33 Å². The number of methoxy groups -OCH3 is 1. The maximum absolute atomic E-state index is 11.7. The Morgan fingerprint density at radius 2 is 1.81 bits per heavy atom. The van der Waals surface area contributed by atoms with Crippen LogP contribution in [0.15, 0.2) is 67.0 Å². The monoisotopic (exact) mass is 278 g/mol. The molecule has 0 spiro atoms. The van der Waals surface area contributed by atoms with E-state index < -0.39 is 5.97 Å². The molecule has 0 N–H and O–H groups in total. The number of hydrogen-bond donors (Lipinski definition) is 0. The topological polar surface area (TPSA) is 44.1 Å². The number of fused-ring (bicyclic) bond motifs is 1. The van der Waals surface area contributed by atoms with E-state index >= 15 is 0 Å². The number of rotatable bonds is 3. The maximum atomic E-state index is 11.7. The molecule has 0 saturated heterocycles. The van der Waals surface area contributed by atoms with Gasteiger partial charge in [-0.25, -0.2) is 9.78 Å². The molecule has 0 bridgehead atoms. The summed E-state index contributed by atoms with van der Waals surface area (Å²) >= 11 is 0. The van der Waals surface area contributed by atoms with Crippen molar-refractivity contribution < 1.29 is 9.53 Å². The molecule has 104 valence electrons. The van der Waals surface area contributed by atoms with Gasteiger partial charge >= 0.3 is 5.97 Å². The predicted octanol–water partition coefficient (Wildman–Crippen LogP) is 3.10. The normalized spacial score (nSPS) is 11.6. The minimum atomic E-state index is -0.397. The van der Waals surface area contributed by atoms with Gasteiger partial charge in [0.05, 0.1) is 23.8 Å². The maximum Gasteiger partial charge on any atom is 0.332 e. The van der Waals surface area contributed by atoms with E-state index in [9.17, 15) is 4.79 Å². The second-order valence-corrected chi connectivity index (χ2v) is 4.52. The molecule has 0 aliphatic carbocycles. The van der Waals surface area contributed by atoms with Crippen LogP contribution >= 0.6 is 0 Å². The average Bonchev–Trinajstić information content (AvgIpc) is 2.97. The fraction of sp³-hybridized carbons (Fsp3) is 0.0588. The van der Waals surface area contributed by atoms with E-state index in [1.807, 2.05) is 59.2 Å². The van der Waals surface area contributed by atoms with Crippen molar-refractivity contribution in [3.63, 3.8) is 0 Å². The van der Waals surface area contributed by atoms with Crippen LogP contribution in [-0.4, -0.2) is 22.6 Å². The highest BCUT2D eigenvalue weighted by Gasteiger charge is 2.10. The number of esters is 1. The fourth-order valence-electron chi connectivity index (χ4n) is 2.22. The van der Waals surface area contributed by atoms with Gasteiger partial charge in [0, 0.05) is 6.08 Å². The van der Waals surface area contributed by atoms with Crippen LogP contribution in [0.25, 0.3) is 16.7 Å². The first kappa shape index (κ1) is 13.1. The second kappa shape index (κ2) is 5.63. The van der Waals surface area contributed by atoms with Gasteiger partial charge < -0.3 is 4.74 Å². The molecule has 0 aliphatic rings. The summed E-state index contributed by atoms with van der Waals surface area (Å²) in [7, 11) is 1.37. The summed E-state index contributed by atoms with van der Waals surface area (Å²) in [5, 5.41) is 0. The van der Waals surface area contributed by atoms with E-state index in [0.717, 1.165) is 22.3 Å². The zero-order valence-corrected chi connectivity index (χ0v) is 11.6. The zero-order chi connectivity index (χ0) is 14.7. The molecular weight excluding hydrogens is 264 g/mol. The van der Waals surface area contributed by atoms with Crippen molar-refractivity contribution in [3.05, 3.63) is 72.6 Å². The second-order valence-electron chi connectivity index (χ2n) is 4.52. The van der Waals surface area contributed by atoms with E-state index in [1.165, 1.54) is 13.2 Å². The summed E-state index contributed by atoms with van der Waals surface area (Å²) in [6.07, 6.45) is 3.19. The van der Waals surface area contributed by atoms with Crippen molar-refractivity contribution in [2.75, 3.05) is 7.11 Å². The molecule has 3 rings (SSSR count). The fourth-order valence-corrected chi connectivity index (χ4v) is 2.22. The number of carbonyl (C=O) groups excluding carboxylic acids is 1. The lowest BCUT2D eigenvalue weighted by molar-refractivity contribution is -0.134. The number of hydrogen-bond acceptors (Lipinski definition) is 3. The Labute approximate surface area is 122 Å². The molecular formula is C17H14N2O2. The molecule has 21 heavy (non-hydrogen) atoms. The van der Waals surface area contributed by atoms with Crippen molar-refractivity contribution in [1.82, 2.24) is 9.55 Å². The first-order valence-electron chi connectivity index (χ1n) is 6.57. The SMILES string of the molecule is COC(=O)/C=C(/c1ccccc1)n1cnc2ccccc21. The van der Waals surface area contributed by atoms with Gasteiger partial charge in [0.2, 0.25) is 0 Å². The Bertz CT molecular complexity index is 804. The Morgan fingerprint density at radius 1 is 1.10 bits per heavy atom. The lowest BCUT2D eigenvalue weighted by Crippen LogP contribution is -2.03. The van der Waals surface area contributed by atoms with Gasteiger partial charge in [0.15, 0.2) is 0 Å². The van der Waals surface area contributed by atoms with Crippen molar-refractivity contribution in [1.29, 1.82) is 0 Å². The van der Waals surface area contributed by atoms with Gasteiger partial charge in [0.25, 0.3) is 0 Å². The first-order valence-corrected chi connectivity index (χ1v) is 6.57. The van der Waals surface area contributed by atoms with Crippen molar-refractivity contribution in [2.24, 2.45) is 0 Å². The average molecular weight is 278 g/mol. The minimum Gasteiger partial charge on any atom is -0.466 e. The smallest absolute Gasteiger partial charge is 0.332 e. The molecule has 2 aromatic carbocycles. The van der Waals surface area contributed by atoms with E-state index in [2.05, 4.69) is 4.98 Å². The highest BCUT2D eigenvalue weighted by atomic mass is 16.5. The highest BCUT2D eigenvalue weighted by Crippen LogP contribution is 2.22. The number of aromatic nitrogens is 2. The van der Waals surface area contributed by atoms with E-state index in [0.29, 0.717) is 0 Å². The number of para-hydroxylation sites is 2. The van der Waals surface area contributed by atoms with Crippen LogP contribution in [0.4, 0.5) is 0 Å². The molecule has 0 fully saturated rings. The van der Waals surface area contributed by atoms with Crippen LogP contribution in [0.2, 0.25) is 0 Å². The minimum absolute atomic E-state index is 0.397. The van der Waals surface area contributed by atoms with Crippen molar-refractivity contribution in [3.8, 4) is 0 Å². The summed E-state index contributed by atoms with van der Waals surface area (Å²) in [6, 6.07) is 17.5. The molecule has 4 nitrogen and oxygen atoms in total. The molecule has 0 aliphatic heterocycles. The molecule has 1 heterocycles. The van der Waals surface area contributed by atoms with Crippen LogP contribution < -0.4 is 0 Å². The third kappa shape index (κ3) is 2.56. The number of nitrogens with zero attached hydrogens (tertiary/aromatic N) is 2. The molecule has 4 heteroatoms. The molecule has 0 saturated carbocycles. The van der Waals surface area contributed by atoms with E-state index in [-0.39, 0.29) is 0 Å². The summed E-state index contributed by atoms with van der Waals surface area (Å²) in [5.41, 5.74) is 3.47. The highest BCUT2D eigenvalue weighted by molar-refractivity contribution is 5.93. The van der Waals surface area contributed by atoms with Crippen LogP contribution in [0.1, 0.15) is 5.56 Å². The standard InChI is InChI=1S/C17H14N2O2/c1-21-17(20)11-16(13-7-3-2-4-8-13)19-12-18-14-9-5-6-10-15(14)19/h2-12H,1H3/b16-11-. The van der Waals surface area contributed by atoms with E-state index in [1.54, 1.807) is 6.33 Å². The largest absolute Gasteiger partial charge is 0.466 e. The van der Waals surface area contributed by atoms with Crippen LogP contribution in [0.5, 0.6) is 0 Å². The zero-order valence-electron chi connectivity index (χ0n) is 11.6. The Morgan fingerprint density at radius 3 is 2.57 bits per heavy atom. The Balaban J connectivity index is 2.20. The summed E-state index contributed by atoms with van der Waals surface area (Å²) in [4.78, 5) is 16.1. The van der Waals surface area contributed by atoms with E-state index in [4.69, 9.17) is 4.74 Å². The Kier molecular flexibility index (Phi) is 3.51. The van der Waals surface area contributed by atoms with Gasteiger partial charge in [-0.2, -0.15) is 0 Å². The Hall–Kier alpha value is -2.88. The molecule has 0 amide bonds. The summed E-state index contributed by atoms with van der Waals surface area (Å²) in [6.45, 7) is 0. The molecule has 3 aromatic rings.